The number of benzene rings is 1. The third-order valence-corrected chi connectivity index (χ3v) is 4.88. The molecule has 1 aromatic rings. The van der Waals surface area contributed by atoms with E-state index >= 15 is 0 Å². The Kier molecular flexibility index (Phi) is 5.21. The highest BCUT2D eigenvalue weighted by Crippen LogP contribution is 2.27. The van der Waals surface area contributed by atoms with Crippen LogP contribution < -0.4 is 9.62 Å². The quantitative estimate of drug-likeness (QED) is 0.733. The Morgan fingerprint density at radius 3 is 2.71 bits per heavy atom. The van der Waals surface area contributed by atoms with E-state index in [1.165, 1.54) is 7.11 Å². The molecule has 1 aromatic carbocycles. The number of ether oxygens (including phenoxy) is 1. The number of hydrogen-bond acceptors (Lipinski definition) is 5. The number of nitrogens with zero attached hydrogens (tertiary/aromatic N) is 1. The van der Waals surface area contributed by atoms with Gasteiger partial charge in [0.25, 0.3) is 0 Å². The predicted molar refractivity (Wildman–Crippen MR) is 80.9 cm³/mol. The van der Waals surface area contributed by atoms with Crippen molar-refractivity contribution in [3.8, 4) is 0 Å². The van der Waals surface area contributed by atoms with Gasteiger partial charge >= 0.3 is 0 Å². The molecule has 6 nitrogen and oxygen atoms in total. The molecular weight excluding hydrogens is 292 g/mol. The standard InChI is InChI=1S/C14H22N2O4S/c1-16(9-12(17)10-20-2)13-5-3-4-6-14(13)21(18,19)15-11-7-8-11/h3-6,11-12,15,17H,7-10H2,1-2H3. The van der Waals surface area contributed by atoms with Crippen LogP contribution in [0, 0.1) is 0 Å². The number of likely N-dealkylation sites (N-methyl/N-ethyl adjacent to an activating group) is 1. The molecule has 1 fully saturated rings. The van der Waals surface area contributed by atoms with Gasteiger partial charge in [0.2, 0.25) is 10.0 Å². The third-order valence-electron chi connectivity index (χ3n) is 3.31. The first kappa shape index (κ1) is 16.2. The molecule has 1 atom stereocenters. The highest BCUT2D eigenvalue weighted by molar-refractivity contribution is 7.89. The predicted octanol–water partition coefficient (Wildman–Crippen LogP) is 0.571. The first-order valence-corrected chi connectivity index (χ1v) is 8.42. The number of methoxy groups -OCH3 is 1. The molecule has 0 spiro atoms. The zero-order chi connectivity index (χ0) is 15.5. The van der Waals surface area contributed by atoms with Gasteiger partial charge in [-0.1, -0.05) is 12.1 Å². The summed E-state index contributed by atoms with van der Waals surface area (Å²) >= 11 is 0. The summed E-state index contributed by atoms with van der Waals surface area (Å²) in [7, 11) is -0.256. The molecule has 0 radical (unpaired) electrons. The zero-order valence-corrected chi connectivity index (χ0v) is 13.1. The summed E-state index contributed by atoms with van der Waals surface area (Å²) in [5.41, 5.74) is 0.570. The summed E-state index contributed by atoms with van der Waals surface area (Å²) in [5, 5.41) is 9.80. The van der Waals surface area contributed by atoms with Crippen molar-refractivity contribution >= 4 is 15.7 Å². The van der Waals surface area contributed by atoms with Crippen LogP contribution in [0.15, 0.2) is 29.2 Å². The van der Waals surface area contributed by atoms with E-state index in [1.807, 2.05) is 0 Å². The van der Waals surface area contributed by atoms with Gasteiger partial charge in [0.1, 0.15) is 4.90 Å². The Hall–Kier alpha value is -1.15. The lowest BCUT2D eigenvalue weighted by molar-refractivity contribution is 0.0694. The number of aliphatic hydroxyl groups is 1. The maximum absolute atomic E-state index is 12.4. The molecule has 0 saturated heterocycles. The molecule has 1 saturated carbocycles. The second-order valence-corrected chi connectivity index (χ2v) is 7.04. The van der Waals surface area contributed by atoms with Gasteiger partial charge in [0, 0.05) is 26.7 Å². The summed E-state index contributed by atoms with van der Waals surface area (Å²) in [6, 6.07) is 6.86. The summed E-state index contributed by atoms with van der Waals surface area (Å²) in [4.78, 5) is 1.97. The normalized spacial score (nSPS) is 16.7. The van der Waals surface area contributed by atoms with Crippen LogP contribution in [0.2, 0.25) is 0 Å². The van der Waals surface area contributed by atoms with Gasteiger partial charge < -0.3 is 14.7 Å². The van der Waals surface area contributed by atoms with Gasteiger partial charge in [-0.25, -0.2) is 13.1 Å². The molecule has 7 heteroatoms. The fourth-order valence-electron chi connectivity index (χ4n) is 2.14. The van der Waals surface area contributed by atoms with E-state index in [2.05, 4.69) is 4.72 Å². The van der Waals surface area contributed by atoms with Crippen LogP contribution in [-0.2, 0) is 14.8 Å². The minimum absolute atomic E-state index is 0.0624. The van der Waals surface area contributed by atoms with E-state index in [0.29, 0.717) is 12.2 Å². The third kappa shape index (κ3) is 4.41. The summed E-state index contributed by atoms with van der Waals surface area (Å²) in [5.74, 6) is 0. The fourth-order valence-corrected chi connectivity index (χ4v) is 3.70. The number of sulfonamides is 1. The maximum atomic E-state index is 12.4. The lowest BCUT2D eigenvalue weighted by atomic mass is 10.2. The van der Waals surface area contributed by atoms with Crippen LogP contribution in [0.1, 0.15) is 12.8 Å². The number of hydrogen-bond donors (Lipinski definition) is 2. The molecule has 1 aliphatic rings. The number of aliphatic hydroxyl groups excluding tert-OH is 1. The highest BCUT2D eigenvalue weighted by atomic mass is 32.2. The Balaban J connectivity index is 2.19. The largest absolute Gasteiger partial charge is 0.389 e. The smallest absolute Gasteiger partial charge is 0.242 e. The molecule has 2 rings (SSSR count). The molecule has 21 heavy (non-hydrogen) atoms. The van der Waals surface area contributed by atoms with Gasteiger partial charge in [-0.15, -0.1) is 0 Å². The average Bonchev–Trinajstić information content (AvgIpc) is 3.22. The molecule has 1 unspecified atom stereocenters. The van der Waals surface area contributed by atoms with Gasteiger partial charge in [0.15, 0.2) is 0 Å². The van der Waals surface area contributed by atoms with Crippen molar-refractivity contribution in [2.75, 3.05) is 32.2 Å². The lowest BCUT2D eigenvalue weighted by Gasteiger charge is -2.24. The Bertz CT molecular complexity index is 572. The molecule has 0 aromatic heterocycles. The van der Waals surface area contributed by atoms with Gasteiger partial charge in [-0.05, 0) is 25.0 Å². The van der Waals surface area contributed by atoms with Crippen LogP contribution in [0.5, 0.6) is 0 Å². The van der Waals surface area contributed by atoms with E-state index in [4.69, 9.17) is 4.74 Å². The molecule has 118 valence electrons. The minimum atomic E-state index is -3.53. The molecule has 0 heterocycles. The van der Waals surface area contributed by atoms with Crippen LogP contribution in [0.4, 0.5) is 5.69 Å². The van der Waals surface area contributed by atoms with Crippen molar-refractivity contribution < 1.29 is 18.3 Å². The van der Waals surface area contributed by atoms with Gasteiger partial charge in [-0.3, -0.25) is 0 Å². The van der Waals surface area contributed by atoms with Gasteiger partial charge in [-0.2, -0.15) is 0 Å². The molecule has 1 aliphatic carbocycles. The van der Waals surface area contributed by atoms with Gasteiger partial charge in [0.05, 0.1) is 18.4 Å². The number of anilines is 1. The maximum Gasteiger partial charge on any atom is 0.242 e. The molecule has 2 N–H and O–H groups in total. The topological polar surface area (TPSA) is 78.9 Å². The van der Waals surface area contributed by atoms with Crippen molar-refractivity contribution in [2.45, 2.75) is 29.9 Å². The first-order valence-electron chi connectivity index (χ1n) is 6.93. The lowest BCUT2D eigenvalue weighted by Crippen LogP contribution is -2.34. The van der Waals surface area contributed by atoms with Crippen LogP contribution in [0.3, 0.4) is 0 Å². The van der Waals surface area contributed by atoms with E-state index in [-0.39, 0.29) is 17.5 Å². The fraction of sp³-hybridized carbons (Fsp3) is 0.571. The molecular formula is C14H22N2O4S. The molecule has 0 aliphatic heterocycles. The molecule has 0 amide bonds. The summed E-state index contributed by atoms with van der Waals surface area (Å²) in [6.07, 6.45) is 1.11. The first-order chi connectivity index (χ1) is 9.94. The van der Waals surface area contributed by atoms with E-state index in [0.717, 1.165) is 12.8 Å². The Morgan fingerprint density at radius 1 is 1.43 bits per heavy atom. The number of nitrogens with one attached hydrogen (secondary N) is 1. The average molecular weight is 314 g/mol. The molecule has 0 bridgehead atoms. The minimum Gasteiger partial charge on any atom is -0.389 e. The Morgan fingerprint density at radius 2 is 2.10 bits per heavy atom. The Labute approximate surface area is 125 Å². The monoisotopic (exact) mass is 314 g/mol. The number of rotatable bonds is 8. The van der Waals surface area contributed by atoms with Crippen molar-refractivity contribution in [1.82, 2.24) is 4.72 Å². The SMILES string of the molecule is COCC(O)CN(C)c1ccccc1S(=O)(=O)NC1CC1. The zero-order valence-electron chi connectivity index (χ0n) is 12.3. The summed E-state index contributed by atoms with van der Waals surface area (Å²) in [6.45, 7) is 0.503. The van der Waals surface area contributed by atoms with Crippen molar-refractivity contribution in [3.05, 3.63) is 24.3 Å². The van der Waals surface area contributed by atoms with Crippen molar-refractivity contribution in [3.63, 3.8) is 0 Å². The second-order valence-electron chi connectivity index (χ2n) is 5.35. The van der Waals surface area contributed by atoms with E-state index in [9.17, 15) is 13.5 Å². The van der Waals surface area contributed by atoms with Crippen molar-refractivity contribution in [1.29, 1.82) is 0 Å². The van der Waals surface area contributed by atoms with Crippen LogP contribution >= 0.6 is 0 Å². The highest BCUT2D eigenvalue weighted by Gasteiger charge is 2.29. The van der Waals surface area contributed by atoms with E-state index < -0.39 is 16.1 Å². The number of para-hydroxylation sites is 1. The second kappa shape index (κ2) is 6.74. The van der Waals surface area contributed by atoms with E-state index in [1.54, 1.807) is 36.2 Å². The van der Waals surface area contributed by atoms with Crippen molar-refractivity contribution in [2.24, 2.45) is 0 Å². The summed E-state index contributed by atoms with van der Waals surface area (Å²) < 4.78 is 32.4. The van der Waals surface area contributed by atoms with Crippen LogP contribution in [0.25, 0.3) is 0 Å². The van der Waals surface area contributed by atoms with Crippen LogP contribution in [-0.4, -0.2) is 53.0 Å².